The van der Waals surface area contributed by atoms with Crippen molar-refractivity contribution in [1.29, 1.82) is 0 Å². The van der Waals surface area contributed by atoms with E-state index in [9.17, 15) is 9.59 Å². The van der Waals surface area contributed by atoms with Gasteiger partial charge < -0.3 is 14.8 Å². The van der Waals surface area contributed by atoms with Crippen molar-refractivity contribution in [2.24, 2.45) is 0 Å². The molecule has 2 heterocycles. The average Bonchev–Trinajstić information content (AvgIpc) is 2.55. The van der Waals surface area contributed by atoms with Gasteiger partial charge in [0.1, 0.15) is 11.8 Å². The molecular formula is C17H22N2O4. The average molecular weight is 318 g/mol. The summed E-state index contributed by atoms with van der Waals surface area (Å²) in [7, 11) is 0. The number of fused-ring (bicyclic) bond motifs is 1. The Morgan fingerprint density at radius 2 is 2.09 bits per heavy atom. The Morgan fingerprint density at radius 1 is 1.39 bits per heavy atom. The van der Waals surface area contributed by atoms with Gasteiger partial charge in [-0.15, -0.1) is 0 Å². The lowest BCUT2D eigenvalue weighted by molar-refractivity contribution is -0.150. The van der Waals surface area contributed by atoms with Crippen LogP contribution in [-0.4, -0.2) is 48.2 Å². The van der Waals surface area contributed by atoms with Gasteiger partial charge in [0.05, 0.1) is 12.2 Å². The first kappa shape index (κ1) is 15.8. The summed E-state index contributed by atoms with van der Waals surface area (Å²) in [6.07, 6.45) is 1.27. The van der Waals surface area contributed by atoms with Gasteiger partial charge in [0.25, 0.3) is 5.91 Å². The van der Waals surface area contributed by atoms with E-state index in [1.165, 1.54) is 0 Å². The van der Waals surface area contributed by atoms with Crippen molar-refractivity contribution in [3.8, 4) is 5.75 Å². The van der Waals surface area contributed by atoms with E-state index < -0.39 is 5.72 Å². The molecule has 1 aromatic rings. The van der Waals surface area contributed by atoms with Crippen molar-refractivity contribution < 1.29 is 19.1 Å². The van der Waals surface area contributed by atoms with E-state index in [4.69, 9.17) is 9.47 Å². The lowest BCUT2D eigenvalue weighted by atomic mass is 9.96. The van der Waals surface area contributed by atoms with Gasteiger partial charge in [-0.2, -0.15) is 0 Å². The van der Waals surface area contributed by atoms with E-state index in [-0.39, 0.29) is 17.9 Å². The predicted octanol–water partition coefficient (Wildman–Crippen LogP) is 1.55. The van der Waals surface area contributed by atoms with Crippen molar-refractivity contribution >= 4 is 11.9 Å². The Kier molecular flexibility index (Phi) is 4.26. The summed E-state index contributed by atoms with van der Waals surface area (Å²) in [4.78, 5) is 26.2. The number of hydrogen-bond acceptors (Lipinski definition) is 5. The Morgan fingerprint density at radius 3 is 2.78 bits per heavy atom. The smallest absolute Gasteiger partial charge is 0.323 e. The van der Waals surface area contributed by atoms with Gasteiger partial charge in [0, 0.05) is 25.9 Å². The summed E-state index contributed by atoms with van der Waals surface area (Å²) in [6, 6.07) is 6.99. The summed E-state index contributed by atoms with van der Waals surface area (Å²) in [6.45, 7) is 5.38. The monoisotopic (exact) mass is 318 g/mol. The first-order chi connectivity index (χ1) is 11.0. The minimum absolute atomic E-state index is 0.0984. The van der Waals surface area contributed by atoms with Crippen LogP contribution < -0.4 is 10.1 Å². The first-order valence-electron chi connectivity index (χ1n) is 8.06. The second-order valence-electron chi connectivity index (χ2n) is 6.01. The molecule has 124 valence electrons. The molecule has 3 rings (SSSR count). The number of likely N-dealkylation sites (tertiary alicyclic amines) is 1. The normalized spacial score (nSPS) is 21.0. The largest absolute Gasteiger partial charge is 0.467 e. The highest BCUT2D eigenvalue weighted by Crippen LogP contribution is 2.33. The van der Waals surface area contributed by atoms with E-state index in [0.29, 0.717) is 43.9 Å². The molecule has 0 bridgehead atoms. The predicted molar refractivity (Wildman–Crippen MR) is 84.2 cm³/mol. The van der Waals surface area contributed by atoms with Gasteiger partial charge in [-0.3, -0.25) is 14.5 Å². The fourth-order valence-corrected chi connectivity index (χ4v) is 3.16. The molecule has 1 N–H and O–H groups in total. The molecule has 0 radical (unpaired) electrons. The highest BCUT2D eigenvalue weighted by molar-refractivity contribution is 5.98. The quantitative estimate of drug-likeness (QED) is 0.857. The van der Waals surface area contributed by atoms with Crippen LogP contribution in [0, 0.1) is 0 Å². The van der Waals surface area contributed by atoms with Crippen LogP contribution in [0.4, 0.5) is 0 Å². The summed E-state index contributed by atoms with van der Waals surface area (Å²) in [5, 5.41) is 3.00. The molecule has 1 saturated heterocycles. The van der Waals surface area contributed by atoms with E-state index in [1.54, 1.807) is 13.0 Å². The van der Waals surface area contributed by atoms with E-state index in [1.807, 2.05) is 25.1 Å². The zero-order chi connectivity index (χ0) is 16.4. The number of piperidine rings is 1. The number of para-hydroxylation sites is 1. The minimum Gasteiger partial charge on any atom is -0.467 e. The third-order valence-electron chi connectivity index (χ3n) is 4.56. The van der Waals surface area contributed by atoms with Crippen molar-refractivity contribution in [1.82, 2.24) is 10.2 Å². The summed E-state index contributed by atoms with van der Waals surface area (Å²) < 4.78 is 11.2. The van der Waals surface area contributed by atoms with E-state index in [0.717, 1.165) is 0 Å². The van der Waals surface area contributed by atoms with E-state index >= 15 is 0 Å². The first-order valence-corrected chi connectivity index (χ1v) is 8.06. The Bertz CT molecular complexity index is 608. The number of esters is 1. The van der Waals surface area contributed by atoms with Crippen molar-refractivity contribution in [2.75, 3.05) is 19.7 Å². The lowest BCUT2D eigenvalue weighted by Crippen LogP contribution is -2.62. The summed E-state index contributed by atoms with van der Waals surface area (Å²) in [5.74, 6) is 0.323. The van der Waals surface area contributed by atoms with Crippen molar-refractivity contribution in [3.63, 3.8) is 0 Å². The van der Waals surface area contributed by atoms with Gasteiger partial charge in [-0.05, 0) is 26.0 Å². The maximum atomic E-state index is 12.3. The Labute approximate surface area is 135 Å². The molecule has 2 aliphatic heterocycles. The van der Waals surface area contributed by atoms with Gasteiger partial charge in [0.2, 0.25) is 0 Å². The number of rotatable bonds is 3. The second-order valence-corrected chi connectivity index (χ2v) is 6.01. The molecule has 1 amide bonds. The Balaban J connectivity index is 1.67. The number of carbonyl (C=O) groups is 2. The summed E-state index contributed by atoms with van der Waals surface area (Å²) >= 11 is 0. The highest BCUT2D eigenvalue weighted by atomic mass is 16.5. The third-order valence-corrected chi connectivity index (χ3v) is 4.56. The van der Waals surface area contributed by atoms with Crippen LogP contribution in [0.15, 0.2) is 24.3 Å². The van der Waals surface area contributed by atoms with Crippen LogP contribution in [0.1, 0.15) is 37.0 Å². The van der Waals surface area contributed by atoms with Crippen LogP contribution in [0.3, 0.4) is 0 Å². The molecule has 0 aliphatic carbocycles. The molecule has 0 saturated carbocycles. The number of carbonyl (C=O) groups excluding carboxylic acids is 2. The van der Waals surface area contributed by atoms with Crippen LogP contribution >= 0.6 is 0 Å². The Hall–Kier alpha value is -2.08. The molecule has 0 aromatic heterocycles. The maximum absolute atomic E-state index is 12.3. The topological polar surface area (TPSA) is 67.9 Å². The van der Waals surface area contributed by atoms with Crippen LogP contribution in [-0.2, 0) is 9.53 Å². The maximum Gasteiger partial charge on any atom is 0.323 e. The molecule has 23 heavy (non-hydrogen) atoms. The zero-order valence-corrected chi connectivity index (χ0v) is 13.5. The highest BCUT2D eigenvalue weighted by Gasteiger charge is 2.43. The van der Waals surface area contributed by atoms with Crippen LogP contribution in [0.2, 0.25) is 0 Å². The molecule has 1 fully saturated rings. The fraction of sp³-hybridized carbons (Fsp3) is 0.529. The number of ether oxygens (including phenoxy) is 2. The van der Waals surface area contributed by atoms with Gasteiger partial charge in [-0.1, -0.05) is 12.1 Å². The van der Waals surface area contributed by atoms with Gasteiger partial charge in [0.15, 0.2) is 5.72 Å². The van der Waals surface area contributed by atoms with Crippen molar-refractivity contribution in [3.05, 3.63) is 29.8 Å². The summed E-state index contributed by atoms with van der Waals surface area (Å²) in [5.41, 5.74) is -0.100. The van der Waals surface area contributed by atoms with Gasteiger partial charge >= 0.3 is 5.97 Å². The fourth-order valence-electron chi connectivity index (χ4n) is 3.16. The van der Waals surface area contributed by atoms with Crippen molar-refractivity contribution in [2.45, 2.75) is 38.5 Å². The molecule has 6 nitrogen and oxygen atoms in total. The van der Waals surface area contributed by atoms with Crippen LogP contribution in [0.5, 0.6) is 5.75 Å². The minimum atomic E-state index is -0.670. The standard InChI is InChI=1S/C17H22N2O4/c1-3-22-16(21)12(2)19-10-8-17(9-11-19)18-15(20)13-6-4-5-7-14(13)23-17/h4-7,12H,3,8-11H2,1-2H3,(H,18,20). The lowest BCUT2D eigenvalue weighted by Gasteiger charge is -2.45. The van der Waals surface area contributed by atoms with E-state index in [2.05, 4.69) is 10.2 Å². The SMILES string of the molecule is CCOC(=O)C(C)N1CCC2(CC1)NC(=O)c1ccccc1O2. The number of hydrogen-bond donors (Lipinski definition) is 1. The molecule has 1 aromatic carbocycles. The second kappa shape index (κ2) is 6.20. The molecule has 1 spiro atoms. The third kappa shape index (κ3) is 3.03. The zero-order valence-electron chi connectivity index (χ0n) is 13.5. The van der Waals surface area contributed by atoms with Crippen LogP contribution in [0.25, 0.3) is 0 Å². The number of benzene rings is 1. The van der Waals surface area contributed by atoms with Gasteiger partial charge in [-0.25, -0.2) is 0 Å². The number of nitrogens with one attached hydrogen (secondary N) is 1. The molecule has 6 heteroatoms. The molecular weight excluding hydrogens is 296 g/mol. The number of nitrogens with zero attached hydrogens (tertiary/aromatic N) is 1. The number of amides is 1. The molecule has 1 unspecified atom stereocenters. The molecule has 2 aliphatic rings. The molecule has 1 atom stereocenters.